The third kappa shape index (κ3) is 4.38. The molecule has 0 aliphatic rings. The fourth-order valence-electron chi connectivity index (χ4n) is 0.422. The zero-order valence-corrected chi connectivity index (χ0v) is 7.23. The van der Waals surface area contributed by atoms with Gasteiger partial charge in [0.15, 0.2) is 5.16 Å². The maximum Gasteiger partial charge on any atom is 0.171 e. The van der Waals surface area contributed by atoms with Crippen molar-refractivity contribution in [1.29, 1.82) is 0 Å². The van der Waals surface area contributed by atoms with Gasteiger partial charge in [-0.25, -0.2) is 4.99 Å². The molecule has 0 aromatic rings. The summed E-state index contributed by atoms with van der Waals surface area (Å²) in [4.78, 5) is 3.83. The second-order valence-electron chi connectivity index (χ2n) is 1.72. The summed E-state index contributed by atoms with van der Waals surface area (Å²) in [7, 11) is 0. The standard InChI is InChI=1S/C9H10ClN/c1-4-8(5-2)7-11-9(10)6-3/h4-5,7H,1,3H2,2H3/b8-5-,11-7?. The van der Waals surface area contributed by atoms with E-state index in [1.165, 1.54) is 0 Å². The molecule has 0 aliphatic heterocycles. The van der Waals surface area contributed by atoms with Gasteiger partial charge in [0.05, 0.1) is 0 Å². The summed E-state index contributed by atoms with van der Waals surface area (Å²) in [5.74, 6) is 0. The van der Waals surface area contributed by atoms with Crippen LogP contribution >= 0.6 is 11.6 Å². The Labute approximate surface area is 72.1 Å². The fourth-order valence-corrected chi connectivity index (χ4v) is 0.471. The number of allylic oxidation sites excluding steroid dienone is 3. The molecule has 0 fully saturated rings. The second-order valence-corrected chi connectivity index (χ2v) is 2.08. The Morgan fingerprint density at radius 1 is 1.64 bits per heavy atom. The smallest absolute Gasteiger partial charge is 0.171 e. The lowest BCUT2D eigenvalue weighted by Crippen LogP contribution is -1.76. The number of hydrogen-bond acceptors (Lipinski definition) is 1. The molecule has 0 aromatic carbocycles. The molecule has 0 unspecified atom stereocenters. The van der Waals surface area contributed by atoms with Gasteiger partial charge in [-0.3, -0.25) is 0 Å². The summed E-state index contributed by atoms with van der Waals surface area (Å²) in [6.07, 6.45) is 5.17. The van der Waals surface area contributed by atoms with Crippen molar-refractivity contribution in [2.75, 3.05) is 0 Å². The van der Waals surface area contributed by atoms with E-state index in [2.05, 4.69) is 23.9 Å². The van der Waals surface area contributed by atoms with E-state index in [-0.39, 0.29) is 5.16 Å². The first-order valence-corrected chi connectivity index (χ1v) is 3.50. The number of hydrogen-bond donors (Lipinski definition) is 0. The van der Waals surface area contributed by atoms with Crippen molar-refractivity contribution >= 4 is 17.8 Å². The molecule has 0 saturated carbocycles. The van der Waals surface area contributed by atoms with Gasteiger partial charge in [-0.2, -0.15) is 0 Å². The summed E-state index contributed by atoms with van der Waals surface area (Å²) in [6.45, 7) is 8.82. The molecular formula is C9H10ClN. The van der Waals surface area contributed by atoms with Crippen molar-refractivity contribution in [3.05, 3.63) is 41.8 Å². The van der Waals surface area contributed by atoms with Gasteiger partial charge in [0.25, 0.3) is 0 Å². The maximum absolute atomic E-state index is 5.51. The quantitative estimate of drug-likeness (QED) is 0.265. The van der Waals surface area contributed by atoms with Crippen LogP contribution in [0.4, 0.5) is 0 Å². The lowest BCUT2D eigenvalue weighted by atomic mass is 10.3. The van der Waals surface area contributed by atoms with E-state index in [4.69, 9.17) is 11.6 Å². The van der Waals surface area contributed by atoms with E-state index < -0.39 is 0 Å². The van der Waals surface area contributed by atoms with Crippen molar-refractivity contribution in [2.45, 2.75) is 6.92 Å². The lowest BCUT2D eigenvalue weighted by molar-refractivity contribution is 1.53. The Morgan fingerprint density at radius 2 is 2.27 bits per heavy atom. The molecule has 0 N–H and O–H groups in total. The molecular weight excluding hydrogens is 158 g/mol. The number of nitrogens with zero attached hydrogens (tertiary/aromatic N) is 1. The highest BCUT2D eigenvalue weighted by Crippen LogP contribution is 2.00. The Kier molecular flexibility index (Phi) is 5.18. The van der Waals surface area contributed by atoms with Gasteiger partial charge in [0.1, 0.15) is 0 Å². The van der Waals surface area contributed by atoms with Crippen LogP contribution in [0.2, 0.25) is 0 Å². The van der Waals surface area contributed by atoms with E-state index in [0.717, 1.165) is 5.57 Å². The van der Waals surface area contributed by atoms with Gasteiger partial charge in [-0.05, 0) is 12.5 Å². The van der Waals surface area contributed by atoms with Crippen LogP contribution in [0.25, 0.3) is 0 Å². The Bertz CT molecular complexity index is 242. The summed E-state index contributed by atoms with van der Waals surface area (Å²) in [5.41, 5.74) is 3.36. The third-order valence-corrected chi connectivity index (χ3v) is 1.27. The van der Waals surface area contributed by atoms with E-state index in [9.17, 15) is 0 Å². The molecule has 0 saturated heterocycles. The maximum atomic E-state index is 5.51. The zero-order chi connectivity index (χ0) is 8.69. The fraction of sp³-hybridized carbons (Fsp3) is 0.111. The Morgan fingerprint density at radius 3 is 2.64 bits per heavy atom. The van der Waals surface area contributed by atoms with Gasteiger partial charge < -0.3 is 0 Å². The van der Waals surface area contributed by atoms with E-state index in [1.807, 2.05) is 13.0 Å². The van der Waals surface area contributed by atoms with Crippen LogP contribution in [-0.4, -0.2) is 6.21 Å². The summed E-state index contributed by atoms with van der Waals surface area (Å²) in [5, 5.41) is 0.256. The molecule has 0 rings (SSSR count). The topological polar surface area (TPSA) is 12.4 Å². The average molecular weight is 168 g/mol. The van der Waals surface area contributed by atoms with Crippen LogP contribution < -0.4 is 0 Å². The molecule has 2 heteroatoms. The van der Waals surface area contributed by atoms with Gasteiger partial charge in [0, 0.05) is 6.21 Å². The predicted octanol–water partition coefficient (Wildman–Crippen LogP) is 3.05. The molecule has 0 amide bonds. The van der Waals surface area contributed by atoms with Gasteiger partial charge >= 0.3 is 0 Å². The van der Waals surface area contributed by atoms with Crippen LogP contribution in [-0.2, 0) is 0 Å². The van der Waals surface area contributed by atoms with Crippen molar-refractivity contribution in [3.8, 4) is 0 Å². The largest absolute Gasteiger partial charge is 0.236 e. The SMILES string of the molecule is C=C=C(Cl)N=C/C(C=C)=C\C. The highest BCUT2D eigenvalue weighted by atomic mass is 35.5. The molecule has 11 heavy (non-hydrogen) atoms. The normalized spacial score (nSPS) is 11.3. The van der Waals surface area contributed by atoms with Crippen LogP contribution in [0.15, 0.2) is 46.8 Å². The molecule has 0 heterocycles. The van der Waals surface area contributed by atoms with Crippen molar-refractivity contribution in [1.82, 2.24) is 0 Å². The first-order valence-electron chi connectivity index (χ1n) is 3.13. The highest BCUT2D eigenvalue weighted by molar-refractivity contribution is 6.29. The van der Waals surface area contributed by atoms with Gasteiger partial charge in [-0.15, -0.1) is 0 Å². The van der Waals surface area contributed by atoms with Crippen LogP contribution in [0, 0.1) is 0 Å². The van der Waals surface area contributed by atoms with Crippen molar-refractivity contribution in [3.63, 3.8) is 0 Å². The molecule has 0 atom stereocenters. The molecule has 0 aromatic heterocycles. The van der Waals surface area contributed by atoms with Crippen molar-refractivity contribution in [2.24, 2.45) is 4.99 Å². The summed E-state index contributed by atoms with van der Waals surface area (Å²) >= 11 is 5.51. The number of halogens is 1. The minimum Gasteiger partial charge on any atom is -0.236 e. The summed E-state index contributed by atoms with van der Waals surface area (Å²) in [6, 6.07) is 0. The van der Waals surface area contributed by atoms with Gasteiger partial charge in [0.2, 0.25) is 0 Å². The van der Waals surface area contributed by atoms with E-state index in [0.29, 0.717) is 0 Å². The summed E-state index contributed by atoms with van der Waals surface area (Å²) < 4.78 is 0. The van der Waals surface area contributed by atoms with E-state index in [1.54, 1.807) is 12.3 Å². The minimum absolute atomic E-state index is 0.256. The Balaban J connectivity index is 4.35. The Hall–Kier alpha value is -1.04. The molecule has 0 radical (unpaired) electrons. The third-order valence-electron chi connectivity index (χ3n) is 1.04. The van der Waals surface area contributed by atoms with Crippen molar-refractivity contribution < 1.29 is 0 Å². The van der Waals surface area contributed by atoms with Gasteiger partial charge in [-0.1, -0.05) is 42.6 Å². The molecule has 0 spiro atoms. The number of aliphatic imine (C=N–C) groups is 1. The first kappa shape index (κ1) is 9.96. The predicted molar refractivity (Wildman–Crippen MR) is 51.0 cm³/mol. The highest BCUT2D eigenvalue weighted by Gasteiger charge is 1.83. The average Bonchev–Trinajstić information content (AvgIpc) is 2.06. The monoisotopic (exact) mass is 167 g/mol. The van der Waals surface area contributed by atoms with Crippen LogP contribution in [0.5, 0.6) is 0 Å². The van der Waals surface area contributed by atoms with E-state index >= 15 is 0 Å². The zero-order valence-electron chi connectivity index (χ0n) is 6.47. The molecule has 1 nitrogen and oxygen atoms in total. The lowest BCUT2D eigenvalue weighted by Gasteiger charge is -1.87. The van der Waals surface area contributed by atoms with Crippen LogP contribution in [0.3, 0.4) is 0 Å². The molecule has 0 aliphatic carbocycles. The molecule has 0 bridgehead atoms. The molecule has 58 valence electrons. The minimum atomic E-state index is 0.256. The second kappa shape index (κ2) is 5.72. The first-order chi connectivity index (χ1) is 5.24. The van der Waals surface area contributed by atoms with Crippen LogP contribution in [0.1, 0.15) is 6.92 Å². The number of rotatable bonds is 3.